The first-order valence-electron chi connectivity index (χ1n) is 7.29. The molecule has 0 aliphatic carbocycles. The topological polar surface area (TPSA) is 79.7 Å². The van der Waals surface area contributed by atoms with E-state index in [1.54, 1.807) is 38.4 Å². The summed E-state index contributed by atoms with van der Waals surface area (Å²) < 4.78 is 5.00. The van der Waals surface area contributed by atoms with Crippen molar-refractivity contribution in [2.75, 3.05) is 20.3 Å². The van der Waals surface area contributed by atoms with Crippen LogP contribution in [0.1, 0.15) is 31.5 Å². The van der Waals surface area contributed by atoms with Crippen LogP contribution in [-0.4, -0.2) is 46.9 Å². The number of aliphatic hydroxyl groups is 1. The van der Waals surface area contributed by atoms with Gasteiger partial charge in [0.1, 0.15) is 6.04 Å². The first kappa shape index (κ1) is 16.2. The van der Waals surface area contributed by atoms with E-state index in [9.17, 15) is 14.7 Å². The molecule has 1 aromatic heterocycles. The van der Waals surface area contributed by atoms with Crippen LogP contribution in [-0.2, 0) is 14.3 Å². The summed E-state index contributed by atoms with van der Waals surface area (Å²) in [4.78, 5) is 30.2. The Hall–Kier alpha value is -2.21. The van der Waals surface area contributed by atoms with Crippen LogP contribution in [0.2, 0.25) is 0 Å². The average Bonchev–Trinajstić information content (AvgIpc) is 2.80. The van der Waals surface area contributed by atoms with Crippen molar-refractivity contribution in [2.24, 2.45) is 0 Å². The minimum absolute atomic E-state index is 0.142. The lowest BCUT2D eigenvalue weighted by atomic mass is 9.98. The molecule has 1 unspecified atom stereocenters. The molecule has 2 heterocycles. The molecule has 0 saturated carbocycles. The van der Waals surface area contributed by atoms with Crippen LogP contribution in [0.5, 0.6) is 0 Å². The van der Waals surface area contributed by atoms with Crippen LogP contribution >= 0.6 is 0 Å². The maximum absolute atomic E-state index is 12.3. The summed E-state index contributed by atoms with van der Waals surface area (Å²) in [6.07, 6.45) is 2.45. The summed E-state index contributed by atoms with van der Waals surface area (Å²) in [6, 6.07) is 4.69. The van der Waals surface area contributed by atoms with Gasteiger partial charge in [-0.15, -0.1) is 0 Å². The van der Waals surface area contributed by atoms with E-state index in [0.717, 1.165) is 0 Å². The van der Waals surface area contributed by atoms with Gasteiger partial charge in [0.25, 0.3) is 5.91 Å². The summed E-state index contributed by atoms with van der Waals surface area (Å²) in [5, 5.41) is 10.1. The van der Waals surface area contributed by atoms with Gasteiger partial charge in [0.2, 0.25) is 0 Å². The van der Waals surface area contributed by atoms with E-state index in [4.69, 9.17) is 4.74 Å². The van der Waals surface area contributed by atoms with Crippen LogP contribution < -0.4 is 0 Å². The standard InChI is InChI=1S/C16H20N2O4/c1-3-12(19)13-14(11-7-4-5-8-17-11)18(9-6-10-22-2)16(21)15(13)20/h4-5,7-8,14,20H,3,6,9-10H2,1-2H3. The van der Waals surface area contributed by atoms with E-state index >= 15 is 0 Å². The van der Waals surface area contributed by atoms with Gasteiger partial charge in [-0.25, -0.2) is 0 Å². The fourth-order valence-corrected chi connectivity index (χ4v) is 2.58. The quantitative estimate of drug-likeness (QED) is 0.777. The molecule has 1 aromatic rings. The normalized spacial score (nSPS) is 18.2. The average molecular weight is 304 g/mol. The van der Waals surface area contributed by atoms with Crippen molar-refractivity contribution >= 4 is 11.7 Å². The highest BCUT2D eigenvalue weighted by Crippen LogP contribution is 2.37. The fourth-order valence-electron chi connectivity index (χ4n) is 2.58. The highest BCUT2D eigenvalue weighted by Gasteiger charge is 2.43. The summed E-state index contributed by atoms with van der Waals surface area (Å²) >= 11 is 0. The maximum atomic E-state index is 12.3. The van der Waals surface area contributed by atoms with Crippen molar-refractivity contribution in [2.45, 2.75) is 25.8 Å². The van der Waals surface area contributed by atoms with Crippen LogP contribution in [0.15, 0.2) is 35.7 Å². The van der Waals surface area contributed by atoms with Gasteiger partial charge in [0.15, 0.2) is 11.5 Å². The lowest BCUT2D eigenvalue weighted by Crippen LogP contribution is -2.33. The van der Waals surface area contributed by atoms with Gasteiger partial charge in [-0.2, -0.15) is 0 Å². The number of ether oxygens (including phenoxy) is 1. The molecule has 6 heteroatoms. The molecule has 1 amide bonds. The monoisotopic (exact) mass is 304 g/mol. The number of hydrogen-bond donors (Lipinski definition) is 1. The molecule has 0 aromatic carbocycles. The Kier molecular flexibility index (Phi) is 5.27. The Bertz CT molecular complexity index is 583. The number of rotatable bonds is 7. The molecule has 1 N–H and O–H groups in total. The number of methoxy groups -OCH3 is 1. The van der Waals surface area contributed by atoms with Crippen LogP contribution in [0.3, 0.4) is 0 Å². The lowest BCUT2D eigenvalue weighted by molar-refractivity contribution is -0.129. The van der Waals surface area contributed by atoms with Crippen molar-refractivity contribution in [3.05, 3.63) is 41.4 Å². The molecule has 0 radical (unpaired) electrons. The second kappa shape index (κ2) is 7.17. The maximum Gasteiger partial charge on any atom is 0.290 e. The predicted octanol–water partition coefficient (Wildman–Crippen LogP) is 1.79. The molecular formula is C16H20N2O4. The number of carbonyl (C=O) groups is 2. The van der Waals surface area contributed by atoms with Crippen LogP contribution in [0.4, 0.5) is 0 Å². The molecule has 6 nitrogen and oxygen atoms in total. The molecule has 0 fully saturated rings. The number of aliphatic hydroxyl groups excluding tert-OH is 1. The van der Waals surface area contributed by atoms with Crippen LogP contribution in [0.25, 0.3) is 0 Å². The predicted molar refractivity (Wildman–Crippen MR) is 80.1 cm³/mol. The Labute approximate surface area is 129 Å². The van der Waals surface area contributed by atoms with Crippen molar-refractivity contribution in [3.8, 4) is 0 Å². The number of Topliss-reactive ketones (excluding diaryl/α,β-unsaturated/α-hetero) is 1. The smallest absolute Gasteiger partial charge is 0.290 e. The summed E-state index contributed by atoms with van der Waals surface area (Å²) in [6.45, 7) is 2.59. The number of pyridine rings is 1. The van der Waals surface area contributed by atoms with E-state index in [1.807, 2.05) is 0 Å². The number of carbonyl (C=O) groups excluding carboxylic acids is 2. The second-order valence-corrected chi connectivity index (χ2v) is 5.04. The zero-order valence-corrected chi connectivity index (χ0v) is 12.8. The molecule has 118 valence electrons. The van der Waals surface area contributed by atoms with Gasteiger partial charge < -0.3 is 14.7 Å². The molecule has 1 aliphatic rings. The van der Waals surface area contributed by atoms with Gasteiger partial charge >= 0.3 is 0 Å². The van der Waals surface area contributed by atoms with E-state index in [1.165, 1.54) is 4.90 Å². The van der Waals surface area contributed by atoms with E-state index in [0.29, 0.717) is 25.3 Å². The third-order valence-corrected chi connectivity index (χ3v) is 3.64. The first-order valence-corrected chi connectivity index (χ1v) is 7.29. The molecule has 0 spiro atoms. The molecule has 22 heavy (non-hydrogen) atoms. The largest absolute Gasteiger partial charge is 0.503 e. The van der Waals surface area contributed by atoms with Crippen molar-refractivity contribution in [1.82, 2.24) is 9.88 Å². The molecule has 1 atom stereocenters. The van der Waals surface area contributed by atoms with Gasteiger partial charge in [0, 0.05) is 32.9 Å². The molecule has 1 aliphatic heterocycles. The number of ketones is 1. The van der Waals surface area contributed by atoms with E-state index < -0.39 is 17.7 Å². The lowest BCUT2D eigenvalue weighted by Gasteiger charge is -2.25. The summed E-state index contributed by atoms with van der Waals surface area (Å²) in [5.41, 5.74) is 0.720. The van der Waals surface area contributed by atoms with E-state index in [2.05, 4.69) is 4.98 Å². The Balaban J connectivity index is 2.38. The third-order valence-electron chi connectivity index (χ3n) is 3.64. The number of amides is 1. The van der Waals surface area contributed by atoms with E-state index in [-0.39, 0.29) is 17.8 Å². The summed E-state index contributed by atoms with van der Waals surface area (Å²) in [5.74, 6) is -1.22. The number of aromatic nitrogens is 1. The Morgan fingerprint density at radius 3 is 2.82 bits per heavy atom. The van der Waals surface area contributed by atoms with Gasteiger partial charge in [0.05, 0.1) is 11.3 Å². The SMILES string of the molecule is CCC(=O)C1=C(O)C(=O)N(CCCOC)C1c1ccccn1. The van der Waals surface area contributed by atoms with Crippen molar-refractivity contribution in [1.29, 1.82) is 0 Å². The van der Waals surface area contributed by atoms with Gasteiger partial charge in [-0.3, -0.25) is 14.6 Å². The first-order chi connectivity index (χ1) is 10.6. The zero-order chi connectivity index (χ0) is 16.1. The highest BCUT2D eigenvalue weighted by atomic mass is 16.5. The van der Waals surface area contributed by atoms with Gasteiger partial charge in [-0.05, 0) is 18.6 Å². The Morgan fingerprint density at radius 1 is 1.45 bits per heavy atom. The third kappa shape index (κ3) is 3.01. The highest BCUT2D eigenvalue weighted by molar-refractivity contribution is 6.08. The molecular weight excluding hydrogens is 284 g/mol. The fraction of sp³-hybridized carbons (Fsp3) is 0.438. The zero-order valence-electron chi connectivity index (χ0n) is 12.8. The van der Waals surface area contributed by atoms with Crippen molar-refractivity contribution < 1.29 is 19.4 Å². The summed E-state index contributed by atoms with van der Waals surface area (Å²) in [7, 11) is 1.59. The number of hydrogen-bond acceptors (Lipinski definition) is 5. The molecule has 0 saturated heterocycles. The number of nitrogens with zero attached hydrogens (tertiary/aromatic N) is 2. The van der Waals surface area contributed by atoms with Crippen LogP contribution in [0, 0.1) is 0 Å². The second-order valence-electron chi connectivity index (χ2n) is 5.04. The minimum atomic E-state index is -0.627. The van der Waals surface area contributed by atoms with Gasteiger partial charge in [-0.1, -0.05) is 13.0 Å². The van der Waals surface area contributed by atoms with Crippen molar-refractivity contribution in [3.63, 3.8) is 0 Å². The molecule has 0 bridgehead atoms. The Morgan fingerprint density at radius 2 is 2.23 bits per heavy atom. The minimum Gasteiger partial charge on any atom is -0.503 e. The molecule has 2 rings (SSSR count).